The van der Waals surface area contributed by atoms with E-state index in [1.807, 2.05) is 33.6 Å². The Hall–Kier alpha value is 0.297. The zero-order chi connectivity index (χ0) is 16.3. The maximum absolute atomic E-state index is 3.35. The molecule has 21 heavy (non-hydrogen) atoms. The second-order valence-corrected chi connectivity index (χ2v) is 17.1. The van der Waals surface area contributed by atoms with Gasteiger partial charge in [-0.2, -0.15) is 0 Å². The maximum atomic E-state index is 3.35. The first-order chi connectivity index (χ1) is 9.71. The van der Waals surface area contributed by atoms with Crippen LogP contribution in [0, 0.1) is 6.07 Å². The van der Waals surface area contributed by atoms with Crippen LogP contribution in [-0.4, -0.2) is 50.0 Å². The van der Waals surface area contributed by atoms with Crippen LogP contribution in [0.25, 0.3) is 10.8 Å². The molecule has 1 nitrogen and oxygen atoms in total. The molecule has 0 aliphatic rings. The normalized spacial score (nSPS) is 11.9. The summed E-state index contributed by atoms with van der Waals surface area (Å²) in [5.41, 5.74) is 1.41. The molecule has 2 rings (SSSR count). The molecule has 0 fully saturated rings. The van der Waals surface area contributed by atoms with Gasteiger partial charge in [-0.1, -0.05) is 62.5 Å². The summed E-state index contributed by atoms with van der Waals surface area (Å²) in [5, 5.41) is 2.57. The Balaban J connectivity index is 0.00000106. The molecule has 0 amide bonds. The monoisotopic (exact) mass is 317 g/mol. The molecular weight excluding hydrogens is 294 g/mol. The number of benzene rings is 2. The molecule has 0 saturated carbocycles. The van der Waals surface area contributed by atoms with Crippen molar-refractivity contribution in [3.05, 3.63) is 42.5 Å². The zero-order valence-electron chi connectivity index (χ0n) is 14.6. The van der Waals surface area contributed by atoms with Gasteiger partial charge in [-0.25, -0.2) is 0 Å². The van der Waals surface area contributed by atoms with E-state index in [0.717, 1.165) is 0 Å². The molecule has 0 atom stereocenters. The third-order valence-corrected chi connectivity index (χ3v) is 10.5. The second kappa shape index (κ2) is 7.72. The van der Waals surface area contributed by atoms with E-state index in [9.17, 15) is 0 Å². The standard InChI is InChI=1S/C16H24NSi2.Li.Mg/c1-18(2,3)17(19(4,5)6)16-13-9-11-14-10-7-8-12-15(14)16;;/h7-10,12-13H,1-6H3;;/q-1;;+1. The van der Waals surface area contributed by atoms with Gasteiger partial charge >= 0.3 is 33.6 Å². The molecule has 0 N–H and O–H groups in total. The summed E-state index contributed by atoms with van der Waals surface area (Å²) in [6, 6.07) is 16.3. The summed E-state index contributed by atoms with van der Waals surface area (Å²) in [6.45, 7) is 14.6. The Kier molecular flexibility index (Phi) is 7.11. The quantitative estimate of drug-likeness (QED) is 0.601. The Labute approximate surface area is 151 Å². The van der Waals surface area contributed by atoms with E-state index in [-0.39, 0.29) is 0 Å². The Morgan fingerprint density at radius 1 is 0.905 bits per heavy atom. The van der Waals surface area contributed by atoms with Gasteiger partial charge in [0, 0.05) is 0 Å². The number of nitrogens with zero attached hydrogens (tertiary/aromatic N) is 1. The van der Waals surface area contributed by atoms with Gasteiger partial charge in [-0.3, -0.25) is 0 Å². The fourth-order valence-corrected chi connectivity index (χ4v) is 12.9. The summed E-state index contributed by atoms with van der Waals surface area (Å²) in [4.78, 5) is 0. The van der Waals surface area contributed by atoms with Gasteiger partial charge in [0.05, 0.1) is 0 Å². The molecule has 0 aliphatic heterocycles. The van der Waals surface area contributed by atoms with Crippen LogP contribution >= 0.6 is 0 Å². The van der Waals surface area contributed by atoms with Crippen molar-refractivity contribution in [1.82, 2.24) is 0 Å². The fraction of sp³-hybridized carbons (Fsp3) is 0.375. The molecule has 2 aromatic rings. The van der Waals surface area contributed by atoms with Gasteiger partial charge < -0.3 is 4.23 Å². The van der Waals surface area contributed by atoms with Crippen molar-refractivity contribution >= 4 is 66.5 Å². The van der Waals surface area contributed by atoms with Gasteiger partial charge in [0.25, 0.3) is 0 Å². The molecule has 5 heteroatoms. The SMILES string of the molecule is C[Si](C)(C)N(c1cc[c-]c2ccccc12)[Si](C)(C)C.[Li][Mg+]. The van der Waals surface area contributed by atoms with Crippen LogP contribution in [-0.2, 0) is 0 Å². The first kappa shape index (κ1) is 19.3. The van der Waals surface area contributed by atoms with Crippen LogP contribution in [0.15, 0.2) is 36.4 Å². The second-order valence-electron chi connectivity index (χ2n) is 7.09. The average Bonchev–Trinajstić information content (AvgIpc) is 2.38. The van der Waals surface area contributed by atoms with Crippen LogP contribution in [0.1, 0.15) is 0 Å². The van der Waals surface area contributed by atoms with Crippen molar-refractivity contribution in [2.45, 2.75) is 39.3 Å². The van der Waals surface area contributed by atoms with Crippen molar-refractivity contribution in [1.29, 1.82) is 0 Å². The van der Waals surface area contributed by atoms with E-state index in [0.29, 0.717) is 0 Å². The number of hydrogen-bond acceptors (Lipinski definition) is 1. The number of hydrogen-bond donors (Lipinski definition) is 0. The number of anilines is 1. The molecular formula is C16H24LiMgNSi2. The van der Waals surface area contributed by atoms with Crippen molar-refractivity contribution in [3.63, 3.8) is 0 Å². The molecule has 104 valence electrons. The summed E-state index contributed by atoms with van der Waals surface area (Å²) in [6.07, 6.45) is 0. The Morgan fingerprint density at radius 2 is 1.43 bits per heavy atom. The van der Waals surface area contributed by atoms with Crippen molar-refractivity contribution < 1.29 is 0 Å². The van der Waals surface area contributed by atoms with Crippen molar-refractivity contribution in [2.24, 2.45) is 0 Å². The summed E-state index contributed by atoms with van der Waals surface area (Å²) >= 11 is 3.89. The van der Waals surface area contributed by atoms with Gasteiger partial charge in [0.15, 0.2) is 0 Å². The van der Waals surface area contributed by atoms with Crippen LogP contribution in [0.3, 0.4) is 0 Å². The molecule has 0 unspecified atom stereocenters. The van der Waals surface area contributed by atoms with E-state index in [1.54, 1.807) is 0 Å². The van der Waals surface area contributed by atoms with E-state index in [1.165, 1.54) is 16.5 Å². The van der Waals surface area contributed by atoms with E-state index in [4.69, 9.17) is 0 Å². The van der Waals surface area contributed by atoms with Crippen LogP contribution in [0.4, 0.5) is 5.69 Å². The summed E-state index contributed by atoms with van der Waals surface area (Å²) < 4.78 is 2.77. The van der Waals surface area contributed by atoms with E-state index < -0.39 is 16.5 Å². The first-order valence-electron chi connectivity index (χ1n) is 7.62. The predicted molar refractivity (Wildman–Crippen MR) is 103 cm³/mol. The van der Waals surface area contributed by atoms with Crippen LogP contribution in [0.5, 0.6) is 0 Å². The molecule has 0 aromatic heterocycles. The number of rotatable bonds is 3. The fourth-order valence-electron chi connectivity index (χ4n) is 3.06. The van der Waals surface area contributed by atoms with Crippen LogP contribution < -0.4 is 4.23 Å². The first-order valence-corrected chi connectivity index (χ1v) is 15.9. The number of fused-ring (bicyclic) bond motifs is 1. The minimum atomic E-state index is -1.40. The third kappa shape index (κ3) is 4.88. The Morgan fingerprint density at radius 3 is 1.95 bits per heavy atom. The summed E-state index contributed by atoms with van der Waals surface area (Å²) in [5.74, 6) is 0. The van der Waals surface area contributed by atoms with Crippen molar-refractivity contribution in [2.75, 3.05) is 4.23 Å². The van der Waals surface area contributed by atoms with E-state index >= 15 is 0 Å². The molecule has 0 bridgehead atoms. The topological polar surface area (TPSA) is 3.24 Å². The molecule has 0 aliphatic carbocycles. The Bertz CT molecular complexity index is 571. The third-order valence-electron chi connectivity index (χ3n) is 3.27. The molecule has 0 spiro atoms. The van der Waals surface area contributed by atoms with Gasteiger partial charge in [0.1, 0.15) is 16.5 Å². The molecule has 0 saturated heterocycles. The summed E-state index contributed by atoms with van der Waals surface area (Å²) in [7, 11) is -2.80. The minimum absolute atomic E-state index is 1.22. The van der Waals surface area contributed by atoms with Gasteiger partial charge in [0.2, 0.25) is 0 Å². The average molecular weight is 318 g/mol. The zero-order valence-corrected chi connectivity index (χ0v) is 18.0. The molecule has 2 aromatic carbocycles. The predicted octanol–water partition coefficient (Wildman–Crippen LogP) is 4.35. The van der Waals surface area contributed by atoms with Gasteiger partial charge in [-0.05, 0) is 0 Å². The van der Waals surface area contributed by atoms with Crippen molar-refractivity contribution in [3.8, 4) is 0 Å². The molecule has 0 heterocycles. The van der Waals surface area contributed by atoms with Gasteiger partial charge in [-0.15, -0.1) is 35.7 Å². The molecule has 0 radical (unpaired) electrons. The van der Waals surface area contributed by atoms with Crippen LogP contribution in [0.2, 0.25) is 39.3 Å². The van der Waals surface area contributed by atoms with E-state index in [2.05, 4.69) is 86.0 Å².